The molecule has 6 heteroatoms. The molecule has 1 unspecified atom stereocenters. The molecule has 3 N–H and O–H groups in total. The number of nitrogens with zero attached hydrogens (tertiary/aromatic N) is 1. The number of aliphatic hydroxyl groups is 1. The molecule has 0 aliphatic heterocycles. The molecule has 3 rings (SSSR count). The number of thiazole rings is 1. The summed E-state index contributed by atoms with van der Waals surface area (Å²) in [6.07, 6.45) is 1.76. The minimum Gasteiger partial charge on any atom is -0.394 e. The summed E-state index contributed by atoms with van der Waals surface area (Å²) in [4.78, 5) is 19.7. The molecule has 0 aliphatic rings. The SMILES string of the molecule is Cc1nc(-c2c[nH]c(C(=O)NC(CO)c3ccccc3)c2)cs1. The summed E-state index contributed by atoms with van der Waals surface area (Å²) < 4.78 is 0. The first kappa shape index (κ1) is 15.5. The molecule has 3 aromatic rings. The van der Waals surface area contributed by atoms with Gasteiger partial charge in [-0.2, -0.15) is 0 Å². The van der Waals surface area contributed by atoms with E-state index in [0.29, 0.717) is 5.69 Å². The van der Waals surface area contributed by atoms with Gasteiger partial charge in [-0.25, -0.2) is 4.98 Å². The highest BCUT2D eigenvalue weighted by Crippen LogP contribution is 2.22. The van der Waals surface area contributed by atoms with Crippen molar-refractivity contribution in [3.05, 3.63) is 64.2 Å². The largest absolute Gasteiger partial charge is 0.394 e. The quantitative estimate of drug-likeness (QED) is 0.674. The third kappa shape index (κ3) is 3.49. The number of nitrogens with one attached hydrogen (secondary N) is 2. The van der Waals surface area contributed by atoms with Gasteiger partial charge in [-0.05, 0) is 18.6 Å². The Hall–Kier alpha value is -2.44. The van der Waals surface area contributed by atoms with Crippen LogP contribution in [-0.4, -0.2) is 27.6 Å². The maximum Gasteiger partial charge on any atom is 0.268 e. The predicted molar refractivity (Wildman–Crippen MR) is 90.4 cm³/mol. The Labute approximate surface area is 138 Å². The van der Waals surface area contributed by atoms with Crippen LogP contribution in [-0.2, 0) is 0 Å². The molecule has 0 aliphatic carbocycles. The van der Waals surface area contributed by atoms with E-state index in [1.165, 1.54) is 0 Å². The average Bonchev–Trinajstić information content (AvgIpc) is 3.22. The van der Waals surface area contributed by atoms with Gasteiger partial charge in [0, 0.05) is 17.1 Å². The van der Waals surface area contributed by atoms with Crippen LogP contribution in [0.15, 0.2) is 48.0 Å². The fraction of sp³-hybridized carbons (Fsp3) is 0.176. The molecular weight excluding hydrogens is 310 g/mol. The maximum atomic E-state index is 12.4. The number of hydrogen-bond donors (Lipinski definition) is 3. The number of hydrogen-bond acceptors (Lipinski definition) is 4. The third-order valence-electron chi connectivity index (χ3n) is 3.53. The summed E-state index contributed by atoms with van der Waals surface area (Å²) >= 11 is 1.57. The van der Waals surface area contributed by atoms with Crippen LogP contribution < -0.4 is 5.32 Å². The van der Waals surface area contributed by atoms with Crippen molar-refractivity contribution in [3.8, 4) is 11.3 Å². The van der Waals surface area contributed by atoms with Gasteiger partial charge in [0.05, 0.1) is 23.4 Å². The maximum absolute atomic E-state index is 12.4. The number of benzene rings is 1. The molecule has 23 heavy (non-hydrogen) atoms. The third-order valence-corrected chi connectivity index (χ3v) is 4.31. The Kier molecular flexibility index (Phi) is 4.55. The Morgan fingerprint density at radius 3 is 2.83 bits per heavy atom. The molecule has 0 radical (unpaired) electrons. The number of aromatic amines is 1. The molecule has 1 aromatic carbocycles. The highest BCUT2D eigenvalue weighted by molar-refractivity contribution is 7.09. The van der Waals surface area contributed by atoms with Crippen LogP contribution in [0, 0.1) is 6.92 Å². The first-order valence-corrected chi connectivity index (χ1v) is 8.13. The summed E-state index contributed by atoms with van der Waals surface area (Å²) in [5, 5.41) is 15.3. The minimum atomic E-state index is -0.433. The number of aryl methyl sites for hydroxylation is 1. The van der Waals surface area contributed by atoms with Crippen molar-refractivity contribution in [3.63, 3.8) is 0 Å². The molecule has 0 saturated carbocycles. The van der Waals surface area contributed by atoms with Crippen molar-refractivity contribution in [1.82, 2.24) is 15.3 Å². The first-order chi connectivity index (χ1) is 11.2. The van der Waals surface area contributed by atoms with E-state index in [-0.39, 0.29) is 12.5 Å². The molecule has 0 fully saturated rings. The minimum absolute atomic E-state index is 0.158. The number of H-pyrrole nitrogens is 1. The van der Waals surface area contributed by atoms with E-state index in [4.69, 9.17) is 0 Å². The Bertz CT molecular complexity index is 795. The molecule has 0 bridgehead atoms. The zero-order valence-corrected chi connectivity index (χ0v) is 13.4. The molecular formula is C17H17N3O2S. The molecule has 0 saturated heterocycles. The standard InChI is InChI=1S/C17H17N3O2S/c1-11-19-16(10-23-11)13-7-14(18-8-13)17(22)20-15(9-21)12-5-3-2-4-6-12/h2-8,10,15,18,21H,9H2,1H3,(H,20,22). The fourth-order valence-corrected chi connectivity index (χ4v) is 2.95. The molecule has 1 atom stereocenters. The van der Waals surface area contributed by atoms with E-state index < -0.39 is 6.04 Å². The second-order valence-electron chi connectivity index (χ2n) is 5.17. The zero-order chi connectivity index (χ0) is 16.2. The summed E-state index contributed by atoms with van der Waals surface area (Å²) in [5.74, 6) is -0.258. The smallest absolute Gasteiger partial charge is 0.268 e. The van der Waals surface area contributed by atoms with Crippen LogP contribution in [0.2, 0.25) is 0 Å². The van der Waals surface area contributed by atoms with E-state index >= 15 is 0 Å². The second kappa shape index (κ2) is 6.76. The second-order valence-corrected chi connectivity index (χ2v) is 6.24. The lowest BCUT2D eigenvalue weighted by Gasteiger charge is -2.16. The van der Waals surface area contributed by atoms with E-state index in [1.54, 1.807) is 23.6 Å². The molecule has 118 valence electrons. The van der Waals surface area contributed by atoms with Crippen LogP contribution in [0.1, 0.15) is 27.1 Å². The highest BCUT2D eigenvalue weighted by atomic mass is 32.1. The van der Waals surface area contributed by atoms with Gasteiger partial charge in [0.1, 0.15) is 5.69 Å². The summed E-state index contributed by atoms with van der Waals surface area (Å²) in [5.41, 5.74) is 3.04. The van der Waals surface area contributed by atoms with Crippen LogP contribution >= 0.6 is 11.3 Å². The molecule has 2 heterocycles. The van der Waals surface area contributed by atoms with Gasteiger partial charge in [-0.15, -0.1) is 11.3 Å². The Balaban J connectivity index is 1.74. The number of amides is 1. The zero-order valence-electron chi connectivity index (χ0n) is 12.6. The Morgan fingerprint density at radius 1 is 1.39 bits per heavy atom. The topological polar surface area (TPSA) is 78.0 Å². The number of carbonyl (C=O) groups excluding carboxylic acids is 1. The van der Waals surface area contributed by atoms with Gasteiger partial charge < -0.3 is 15.4 Å². The van der Waals surface area contributed by atoms with Gasteiger partial charge in [0.25, 0.3) is 5.91 Å². The van der Waals surface area contributed by atoms with Gasteiger partial charge in [-0.3, -0.25) is 4.79 Å². The van der Waals surface area contributed by atoms with Crippen molar-refractivity contribution < 1.29 is 9.90 Å². The van der Waals surface area contributed by atoms with Gasteiger partial charge in [-0.1, -0.05) is 30.3 Å². The van der Waals surface area contributed by atoms with Crippen molar-refractivity contribution in [2.24, 2.45) is 0 Å². The van der Waals surface area contributed by atoms with Crippen molar-refractivity contribution in [2.75, 3.05) is 6.61 Å². The molecule has 2 aromatic heterocycles. The number of aliphatic hydroxyl groups excluding tert-OH is 1. The summed E-state index contributed by atoms with van der Waals surface area (Å²) in [7, 11) is 0. The van der Waals surface area contributed by atoms with Gasteiger partial charge in [0.15, 0.2) is 0 Å². The lowest BCUT2D eigenvalue weighted by Crippen LogP contribution is -2.30. The van der Waals surface area contributed by atoms with Crippen molar-refractivity contribution in [2.45, 2.75) is 13.0 Å². The summed E-state index contributed by atoms with van der Waals surface area (Å²) in [6.45, 7) is 1.79. The summed E-state index contributed by atoms with van der Waals surface area (Å²) in [6, 6.07) is 10.7. The number of rotatable bonds is 5. The van der Waals surface area contributed by atoms with Crippen molar-refractivity contribution >= 4 is 17.2 Å². The van der Waals surface area contributed by atoms with Crippen LogP contribution in [0.25, 0.3) is 11.3 Å². The van der Waals surface area contributed by atoms with E-state index in [9.17, 15) is 9.90 Å². The Morgan fingerprint density at radius 2 is 2.17 bits per heavy atom. The van der Waals surface area contributed by atoms with E-state index in [0.717, 1.165) is 21.8 Å². The molecule has 5 nitrogen and oxygen atoms in total. The normalized spacial score (nSPS) is 12.1. The van der Waals surface area contributed by atoms with E-state index in [1.807, 2.05) is 42.6 Å². The predicted octanol–water partition coefficient (Wildman–Crippen LogP) is 2.91. The monoisotopic (exact) mass is 327 g/mol. The molecule has 0 spiro atoms. The highest BCUT2D eigenvalue weighted by Gasteiger charge is 2.16. The van der Waals surface area contributed by atoms with Crippen LogP contribution in [0.4, 0.5) is 0 Å². The van der Waals surface area contributed by atoms with Gasteiger partial charge in [0.2, 0.25) is 0 Å². The lowest BCUT2D eigenvalue weighted by molar-refractivity contribution is 0.0912. The average molecular weight is 327 g/mol. The van der Waals surface area contributed by atoms with Crippen LogP contribution in [0.5, 0.6) is 0 Å². The molecule has 1 amide bonds. The van der Waals surface area contributed by atoms with E-state index in [2.05, 4.69) is 15.3 Å². The van der Waals surface area contributed by atoms with Gasteiger partial charge >= 0.3 is 0 Å². The fourth-order valence-electron chi connectivity index (χ4n) is 2.33. The lowest BCUT2D eigenvalue weighted by atomic mass is 10.1. The number of aromatic nitrogens is 2. The van der Waals surface area contributed by atoms with Crippen LogP contribution in [0.3, 0.4) is 0 Å². The first-order valence-electron chi connectivity index (χ1n) is 7.25. The van der Waals surface area contributed by atoms with Crippen molar-refractivity contribution in [1.29, 1.82) is 0 Å². The number of carbonyl (C=O) groups is 1.